The van der Waals surface area contributed by atoms with Gasteiger partial charge in [0.05, 0.1) is 12.2 Å². The lowest BCUT2D eigenvalue weighted by Gasteiger charge is -2.04. The van der Waals surface area contributed by atoms with Crippen molar-refractivity contribution in [3.63, 3.8) is 0 Å². The van der Waals surface area contributed by atoms with Gasteiger partial charge in [-0.1, -0.05) is 12.1 Å². The Morgan fingerprint density at radius 3 is 3.07 bits per heavy atom. The smallest absolute Gasteiger partial charge is 0.243 e. The Morgan fingerprint density at radius 2 is 2.43 bits per heavy atom. The lowest BCUT2D eigenvalue weighted by molar-refractivity contribution is -0.116. The molecule has 74 valence electrons. The van der Waals surface area contributed by atoms with E-state index in [2.05, 4.69) is 10.3 Å². The van der Waals surface area contributed by atoms with E-state index in [1.807, 2.05) is 26.0 Å². The van der Waals surface area contributed by atoms with E-state index in [9.17, 15) is 4.79 Å². The summed E-state index contributed by atoms with van der Waals surface area (Å²) in [6, 6.07) is 3.86. The molecule has 0 spiro atoms. The van der Waals surface area contributed by atoms with Gasteiger partial charge < -0.3 is 5.32 Å². The van der Waals surface area contributed by atoms with Crippen LogP contribution in [0.5, 0.6) is 0 Å². The number of pyridine rings is 1. The predicted molar refractivity (Wildman–Crippen MR) is 55.6 cm³/mol. The molecule has 1 amide bonds. The summed E-state index contributed by atoms with van der Waals surface area (Å²) < 4.78 is 0. The number of amides is 1. The van der Waals surface area contributed by atoms with E-state index in [4.69, 9.17) is 0 Å². The Labute approximate surface area is 83.9 Å². The largest absolute Gasteiger partial charge is 0.347 e. The second-order valence-corrected chi connectivity index (χ2v) is 2.98. The first-order valence-corrected chi connectivity index (χ1v) is 4.55. The van der Waals surface area contributed by atoms with Gasteiger partial charge in [0.2, 0.25) is 5.91 Å². The molecule has 0 radical (unpaired) electrons. The fourth-order valence-electron chi connectivity index (χ4n) is 1.08. The number of nitrogens with zero attached hydrogens (tertiary/aromatic N) is 1. The Bertz CT molecular complexity index is 345. The third-order valence-corrected chi connectivity index (χ3v) is 1.87. The van der Waals surface area contributed by atoms with Crippen LogP contribution in [0.3, 0.4) is 0 Å². The Morgan fingerprint density at radius 1 is 1.64 bits per heavy atom. The highest BCUT2D eigenvalue weighted by atomic mass is 16.1. The zero-order chi connectivity index (χ0) is 10.4. The molecule has 0 saturated heterocycles. The normalized spacial score (nSPS) is 10.4. The molecule has 1 aromatic heterocycles. The highest BCUT2D eigenvalue weighted by molar-refractivity contribution is 5.87. The SMILES string of the molecule is CC=CC(=O)NCc1ncccc1C. The van der Waals surface area contributed by atoms with E-state index in [0.29, 0.717) is 6.54 Å². The number of hydrogen-bond acceptors (Lipinski definition) is 2. The molecule has 0 aliphatic heterocycles. The van der Waals surface area contributed by atoms with Crippen LogP contribution in [0.2, 0.25) is 0 Å². The van der Waals surface area contributed by atoms with Gasteiger partial charge in [-0.2, -0.15) is 0 Å². The molecule has 3 nitrogen and oxygen atoms in total. The molecule has 0 aliphatic rings. The van der Waals surface area contributed by atoms with Crippen LogP contribution in [-0.4, -0.2) is 10.9 Å². The maximum Gasteiger partial charge on any atom is 0.243 e. The highest BCUT2D eigenvalue weighted by Gasteiger charge is 1.99. The van der Waals surface area contributed by atoms with Crippen LogP contribution >= 0.6 is 0 Å². The number of carbonyl (C=O) groups is 1. The second-order valence-electron chi connectivity index (χ2n) is 2.98. The fourth-order valence-corrected chi connectivity index (χ4v) is 1.08. The topological polar surface area (TPSA) is 42.0 Å². The van der Waals surface area contributed by atoms with Crippen LogP contribution in [0.25, 0.3) is 0 Å². The molecule has 14 heavy (non-hydrogen) atoms. The van der Waals surface area contributed by atoms with Crippen LogP contribution < -0.4 is 5.32 Å². The molecule has 1 aromatic rings. The maximum absolute atomic E-state index is 11.1. The van der Waals surface area contributed by atoms with Gasteiger partial charge in [0.25, 0.3) is 0 Å². The molecule has 1 rings (SSSR count). The molecule has 0 aromatic carbocycles. The standard InChI is InChI=1S/C11H14N2O/c1-3-5-11(14)13-8-10-9(2)6-4-7-12-10/h3-7H,8H2,1-2H3,(H,13,14). The molecule has 0 fully saturated rings. The maximum atomic E-state index is 11.1. The van der Waals surface area contributed by atoms with Gasteiger partial charge in [0, 0.05) is 6.20 Å². The molecule has 0 saturated carbocycles. The number of nitrogens with one attached hydrogen (secondary N) is 1. The molecule has 1 heterocycles. The molecular weight excluding hydrogens is 176 g/mol. The third kappa shape index (κ3) is 3.01. The molecular formula is C11H14N2O. The van der Waals surface area contributed by atoms with Crippen molar-refractivity contribution in [2.75, 3.05) is 0 Å². The number of carbonyl (C=O) groups excluding carboxylic acids is 1. The summed E-state index contributed by atoms with van der Waals surface area (Å²) in [6.07, 6.45) is 4.93. The van der Waals surface area contributed by atoms with Gasteiger partial charge in [0.15, 0.2) is 0 Å². The minimum absolute atomic E-state index is 0.0856. The van der Waals surface area contributed by atoms with E-state index in [0.717, 1.165) is 11.3 Å². The minimum Gasteiger partial charge on any atom is -0.347 e. The summed E-state index contributed by atoms with van der Waals surface area (Å²) >= 11 is 0. The Hall–Kier alpha value is -1.64. The highest BCUT2D eigenvalue weighted by Crippen LogP contribution is 2.01. The summed E-state index contributed by atoms with van der Waals surface area (Å²) in [5.41, 5.74) is 2.00. The lowest BCUT2D eigenvalue weighted by atomic mass is 10.2. The van der Waals surface area contributed by atoms with Gasteiger partial charge in [0.1, 0.15) is 0 Å². The van der Waals surface area contributed by atoms with Crippen molar-refractivity contribution >= 4 is 5.91 Å². The van der Waals surface area contributed by atoms with Gasteiger partial charge >= 0.3 is 0 Å². The fraction of sp³-hybridized carbons (Fsp3) is 0.273. The molecule has 3 heteroatoms. The van der Waals surface area contributed by atoms with Crippen LogP contribution in [0.1, 0.15) is 18.2 Å². The number of aromatic nitrogens is 1. The zero-order valence-electron chi connectivity index (χ0n) is 8.45. The average molecular weight is 190 g/mol. The summed E-state index contributed by atoms with van der Waals surface area (Å²) in [4.78, 5) is 15.3. The van der Waals surface area contributed by atoms with E-state index in [-0.39, 0.29) is 5.91 Å². The molecule has 0 atom stereocenters. The monoisotopic (exact) mass is 190 g/mol. The molecule has 1 N–H and O–H groups in total. The van der Waals surface area contributed by atoms with E-state index >= 15 is 0 Å². The third-order valence-electron chi connectivity index (χ3n) is 1.87. The zero-order valence-corrected chi connectivity index (χ0v) is 8.45. The molecule has 0 aliphatic carbocycles. The summed E-state index contributed by atoms with van der Waals surface area (Å²) in [5, 5.41) is 2.75. The predicted octanol–water partition coefficient (Wildman–Crippen LogP) is 1.58. The first-order valence-electron chi connectivity index (χ1n) is 4.55. The van der Waals surface area contributed by atoms with Crippen LogP contribution in [0.4, 0.5) is 0 Å². The first kappa shape index (κ1) is 10.4. The average Bonchev–Trinajstić information content (AvgIpc) is 2.17. The van der Waals surface area contributed by atoms with Crippen molar-refractivity contribution in [1.29, 1.82) is 0 Å². The van der Waals surface area contributed by atoms with Crippen molar-refractivity contribution in [3.05, 3.63) is 41.7 Å². The van der Waals surface area contributed by atoms with Crippen LogP contribution in [0.15, 0.2) is 30.5 Å². The van der Waals surface area contributed by atoms with Crippen molar-refractivity contribution < 1.29 is 4.79 Å². The summed E-state index contributed by atoms with van der Waals surface area (Å²) in [5.74, 6) is -0.0856. The second kappa shape index (κ2) is 5.17. The Kier molecular flexibility index (Phi) is 3.85. The first-order chi connectivity index (χ1) is 6.74. The molecule has 0 bridgehead atoms. The van der Waals surface area contributed by atoms with E-state index in [1.165, 1.54) is 6.08 Å². The minimum atomic E-state index is -0.0856. The van der Waals surface area contributed by atoms with Crippen LogP contribution in [0, 0.1) is 6.92 Å². The van der Waals surface area contributed by atoms with Crippen molar-refractivity contribution in [1.82, 2.24) is 10.3 Å². The lowest BCUT2D eigenvalue weighted by Crippen LogP contribution is -2.21. The van der Waals surface area contributed by atoms with Crippen LogP contribution in [-0.2, 0) is 11.3 Å². The van der Waals surface area contributed by atoms with Gasteiger partial charge in [-0.25, -0.2) is 0 Å². The number of rotatable bonds is 3. The number of allylic oxidation sites excluding steroid dienone is 1. The Balaban J connectivity index is 2.54. The number of hydrogen-bond donors (Lipinski definition) is 1. The summed E-state index contributed by atoms with van der Waals surface area (Å²) in [6.45, 7) is 4.27. The van der Waals surface area contributed by atoms with Crippen molar-refractivity contribution in [2.24, 2.45) is 0 Å². The quantitative estimate of drug-likeness (QED) is 0.735. The van der Waals surface area contributed by atoms with E-state index < -0.39 is 0 Å². The van der Waals surface area contributed by atoms with Gasteiger partial charge in [-0.3, -0.25) is 9.78 Å². The molecule has 0 unspecified atom stereocenters. The van der Waals surface area contributed by atoms with E-state index in [1.54, 1.807) is 12.3 Å². The van der Waals surface area contributed by atoms with Gasteiger partial charge in [-0.15, -0.1) is 0 Å². The van der Waals surface area contributed by atoms with Crippen molar-refractivity contribution in [2.45, 2.75) is 20.4 Å². The van der Waals surface area contributed by atoms with Gasteiger partial charge in [-0.05, 0) is 31.6 Å². The number of aryl methyl sites for hydroxylation is 1. The van der Waals surface area contributed by atoms with Crippen molar-refractivity contribution in [3.8, 4) is 0 Å². The summed E-state index contributed by atoms with van der Waals surface area (Å²) in [7, 11) is 0.